The fourth-order valence-corrected chi connectivity index (χ4v) is 3.28. The van der Waals surface area contributed by atoms with Gasteiger partial charge in [-0.3, -0.25) is 0 Å². The van der Waals surface area contributed by atoms with Crippen LogP contribution in [-0.4, -0.2) is 23.0 Å². The van der Waals surface area contributed by atoms with E-state index < -0.39 is 0 Å². The zero-order valence-electron chi connectivity index (χ0n) is 5.93. The second kappa shape index (κ2) is 4.51. The molecular weight excluding hydrogens is 148 g/mol. The Morgan fingerprint density at radius 2 is 1.67 bits per heavy atom. The molecule has 0 spiro atoms. The van der Waals surface area contributed by atoms with E-state index in [1.807, 2.05) is 0 Å². The molecule has 0 aliphatic carbocycles. The maximum Gasteiger partial charge on any atom is -0.00339 e. The standard InChI is InChI=1S/C7H14S2/c1-7-5-8-3-2-4-9-6-7/h7H,2-6H2,1H3. The molecule has 54 valence electrons. The molecular formula is C7H14S2. The molecule has 1 aliphatic heterocycles. The van der Waals surface area contributed by atoms with Crippen molar-refractivity contribution >= 4 is 23.5 Å². The summed E-state index contributed by atoms with van der Waals surface area (Å²) >= 11 is 4.25. The Morgan fingerprint density at radius 3 is 2.22 bits per heavy atom. The number of hydrogen-bond acceptors (Lipinski definition) is 2. The number of thioether (sulfide) groups is 2. The normalized spacial score (nSPS) is 25.0. The van der Waals surface area contributed by atoms with Crippen LogP contribution in [-0.2, 0) is 0 Å². The minimum absolute atomic E-state index is 0.945. The van der Waals surface area contributed by atoms with E-state index in [2.05, 4.69) is 30.4 Å². The minimum Gasteiger partial charge on any atom is -0.162 e. The van der Waals surface area contributed by atoms with Gasteiger partial charge in [-0.1, -0.05) is 6.92 Å². The highest BCUT2D eigenvalue weighted by Gasteiger charge is 2.04. The lowest BCUT2D eigenvalue weighted by atomic mass is 10.3. The molecule has 0 aromatic heterocycles. The zero-order chi connectivity index (χ0) is 6.53. The molecule has 1 fully saturated rings. The Labute approximate surface area is 66.2 Å². The fraction of sp³-hybridized carbons (Fsp3) is 1.00. The summed E-state index contributed by atoms with van der Waals surface area (Å²) in [6, 6.07) is 0. The van der Waals surface area contributed by atoms with E-state index in [0.29, 0.717) is 0 Å². The van der Waals surface area contributed by atoms with Crippen LogP contribution in [0.3, 0.4) is 0 Å². The molecule has 0 aromatic rings. The van der Waals surface area contributed by atoms with Gasteiger partial charge in [-0.25, -0.2) is 0 Å². The summed E-state index contributed by atoms with van der Waals surface area (Å²) in [6.45, 7) is 2.35. The second-order valence-corrected chi connectivity index (χ2v) is 4.91. The fourth-order valence-electron chi connectivity index (χ4n) is 0.880. The Bertz CT molecular complexity index is 65.3. The molecule has 1 rings (SSSR count). The van der Waals surface area contributed by atoms with E-state index >= 15 is 0 Å². The van der Waals surface area contributed by atoms with Crippen LogP contribution in [0.25, 0.3) is 0 Å². The molecule has 0 nitrogen and oxygen atoms in total. The third-order valence-corrected chi connectivity index (χ3v) is 4.15. The number of rotatable bonds is 0. The van der Waals surface area contributed by atoms with Crippen molar-refractivity contribution in [3.63, 3.8) is 0 Å². The van der Waals surface area contributed by atoms with Crippen molar-refractivity contribution in [3.8, 4) is 0 Å². The summed E-state index contributed by atoms with van der Waals surface area (Å²) in [6.07, 6.45) is 1.42. The van der Waals surface area contributed by atoms with Crippen molar-refractivity contribution in [1.82, 2.24) is 0 Å². The van der Waals surface area contributed by atoms with Crippen LogP contribution in [0.1, 0.15) is 13.3 Å². The van der Waals surface area contributed by atoms with Crippen molar-refractivity contribution in [3.05, 3.63) is 0 Å². The average molecular weight is 162 g/mol. The quantitative estimate of drug-likeness (QED) is 0.537. The van der Waals surface area contributed by atoms with Crippen LogP contribution in [0, 0.1) is 5.92 Å². The second-order valence-electron chi connectivity index (χ2n) is 2.61. The predicted molar refractivity (Wildman–Crippen MR) is 48.4 cm³/mol. The first-order valence-electron chi connectivity index (χ1n) is 3.55. The lowest BCUT2D eigenvalue weighted by Gasteiger charge is -2.13. The van der Waals surface area contributed by atoms with Crippen LogP contribution in [0.4, 0.5) is 0 Å². The zero-order valence-corrected chi connectivity index (χ0v) is 7.56. The topological polar surface area (TPSA) is 0 Å². The van der Waals surface area contributed by atoms with E-state index in [9.17, 15) is 0 Å². The van der Waals surface area contributed by atoms with Gasteiger partial charge in [0.25, 0.3) is 0 Å². The van der Waals surface area contributed by atoms with Crippen LogP contribution >= 0.6 is 23.5 Å². The summed E-state index contributed by atoms with van der Waals surface area (Å²) in [5.41, 5.74) is 0. The highest BCUT2D eigenvalue weighted by Crippen LogP contribution is 2.19. The summed E-state index contributed by atoms with van der Waals surface area (Å²) < 4.78 is 0. The molecule has 0 bridgehead atoms. The average Bonchev–Trinajstić information content (AvgIpc) is 1.79. The lowest BCUT2D eigenvalue weighted by Crippen LogP contribution is -2.06. The van der Waals surface area contributed by atoms with E-state index in [1.54, 1.807) is 0 Å². The van der Waals surface area contributed by atoms with Crippen LogP contribution in [0.15, 0.2) is 0 Å². The molecule has 0 amide bonds. The van der Waals surface area contributed by atoms with E-state index in [4.69, 9.17) is 0 Å². The third kappa shape index (κ3) is 3.41. The van der Waals surface area contributed by atoms with Gasteiger partial charge in [-0.2, -0.15) is 23.5 Å². The van der Waals surface area contributed by atoms with Crippen molar-refractivity contribution in [2.45, 2.75) is 13.3 Å². The molecule has 9 heavy (non-hydrogen) atoms. The van der Waals surface area contributed by atoms with Gasteiger partial charge >= 0.3 is 0 Å². The van der Waals surface area contributed by atoms with Crippen LogP contribution in [0.2, 0.25) is 0 Å². The van der Waals surface area contributed by atoms with Gasteiger partial charge in [0.05, 0.1) is 0 Å². The van der Waals surface area contributed by atoms with Gasteiger partial charge in [-0.05, 0) is 35.4 Å². The molecule has 0 aromatic carbocycles. The molecule has 1 saturated heterocycles. The molecule has 0 N–H and O–H groups in total. The maximum absolute atomic E-state index is 2.35. The molecule has 0 unspecified atom stereocenters. The van der Waals surface area contributed by atoms with Crippen molar-refractivity contribution in [2.75, 3.05) is 23.0 Å². The van der Waals surface area contributed by atoms with E-state index in [1.165, 1.54) is 29.4 Å². The van der Waals surface area contributed by atoms with Gasteiger partial charge < -0.3 is 0 Å². The summed E-state index contributed by atoms with van der Waals surface area (Å²) in [4.78, 5) is 0. The first-order valence-corrected chi connectivity index (χ1v) is 5.86. The van der Waals surface area contributed by atoms with Gasteiger partial charge in [0.1, 0.15) is 0 Å². The first-order chi connectivity index (χ1) is 4.39. The van der Waals surface area contributed by atoms with Gasteiger partial charge in [-0.15, -0.1) is 0 Å². The largest absolute Gasteiger partial charge is 0.162 e. The Hall–Kier alpha value is 0.700. The van der Waals surface area contributed by atoms with E-state index in [0.717, 1.165) is 5.92 Å². The predicted octanol–water partition coefficient (Wildman–Crippen LogP) is 2.49. The minimum atomic E-state index is 0.945. The van der Waals surface area contributed by atoms with Gasteiger partial charge in [0.2, 0.25) is 0 Å². The monoisotopic (exact) mass is 162 g/mol. The van der Waals surface area contributed by atoms with Gasteiger partial charge in [0.15, 0.2) is 0 Å². The smallest absolute Gasteiger partial charge is 0.00339 e. The van der Waals surface area contributed by atoms with Crippen LogP contribution < -0.4 is 0 Å². The van der Waals surface area contributed by atoms with Crippen molar-refractivity contribution < 1.29 is 0 Å². The molecule has 1 heterocycles. The van der Waals surface area contributed by atoms with Crippen molar-refractivity contribution in [2.24, 2.45) is 5.92 Å². The Morgan fingerprint density at radius 1 is 1.11 bits per heavy atom. The Kier molecular flexibility index (Phi) is 3.91. The maximum atomic E-state index is 2.35. The molecule has 1 aliphatic rings. The molecule has 0 saturated carbocycles. The third-order valence-electron chi connectivity index (χ3n) is 1.38. The highest BCUT2D eigenvalue weighted by molar-refractivity contribution is 8.00. The van der Waals surface area contributed by atoms with E-state index in [-0.39, 0.29) is 0 Å². The molecule has 0 atom stereocenters. The highest BCUT2D eigenvalue weighted by atomic mass is 32.2. The van der Waals surface area contributed by atoms with Gasteiger partial charge in [0, 0.05) is 0 Å². The lowest BCUT2D eigenvalue weighted by molar-refractivity contribution is 0.760. The van der Waals surface area contributed by atoms with Crippen LogP contribution in [0.5, 0.6) is 0 Å². The summed E-state index contributed by atoms with van der Waals surface area (Å²) in [5.74, 6) is 6.48. The summed E-state index contributed by atoms with van der Waals surface area (Å²) in [7, 11) is 0. The molecule has 2 heteroatoms. The summed E-state index contributed by atoms with van der Waals surface area (Å²) in [5, 5.41) is 0. The number of hydrogen-bond donors (Lipinski definition) is 0. The Balaban J connectivity index is 2.12. The van der Waals surface area contributed by atoms with Crippen molar-refractivity contribution in [1.29, 1.82) is 0 Å². The first kappa shape index (κ1) is 7.80. The SMILES string of the molecule is CC1CSCCCSC1. The molecule has 0 radical (unpaired) electrons.